The summed E-state index contributed by atoms with van der Waals surface area (Å²) in [6.07, 6.45) is 1.71. The molecule has 0 bridgehead atoms. The number of piperazine rings is 1. The summed E-state index contributed by atoms with van der Waals surface area (Å²) in [4.78, 5) is 41.5. The van der Waals surface area contributed by atoms with Crippen LogP contribution >= 0.6 is 0 Å². The lowest BCUT2D eigenvalue weighted by Gasteiger charge is -2.40. The van der Waals surface area contributed by atoms with E-state index in [9.17, 15) is 19.7 Å². The lowest BCUT2D eigenvalue weighted by atomic mass is 9.95. The lowest BCUT2D eigenvalue weighted by Crippen LogP contribution is -2.53. The van der Waals surface area contributed by atoms with Crippen LogP contribution in [0.15, 0.2) is 24.3 Å². The Hall–Kier alpha value is -2.64. The van der Waals surface area contributed by atoms with Crippen LogP contribution in [0.25, 0.3) is 0 Å². The number of hydrogen-bond donors (Lipinski definition) is 0. The number of nitrogens with zero attached hydrogens (tertiary/aromatic N) is 4. The van der Waals surface area contributed by atoms with Crippen molar-refractivity contribution in [1.82, 2.24) is 9.80 Å². The highest BCUT2D eigenvalue weighted by molar-refractivity contribution is 5.82. The highest BCUT2D eigenvalue weighted by atomic mass is 16.6. The molecule has 1 unspecified atom stereocenters. The summed E-state index contributed by atoms with van der Waals surface area (Å²) in [6.45, 7) is 7.72. The zero-order chi connectivity index (χ0) is 20.3. The van der Waals surface area contributed by atoms with E-state index in [2.05, 4.69) is 4.90 Å². The quantitative estimate of drug-likeness (QED) is 0.583. The van der Waals surface area contributed by atoms with Crippen molar-refractivity contribution >= 4 is 23.2 Å². The van der Waals surface area contributed by atoms with Gasteiger partial charge in [0, 0.05) is 63.0 Å². The van der Waals surface area contributed by atoms with E-state index in [1.54, 1.807) is 12.1 Å². The molecule has 0 spiro atoms. The molecular weight excluding hydrogens is 360 g/mol. The first-order chi connectivity index (χ1) is 13.4. The van der Waals surface area contributed by atoms with Gasteiger partial charge in [0.15, 0.2) is 0 Å². The summed E-state index contributed by atoms with van der Waals surface area (Å²) >= 11 is 0. The van der Waals surface area contributed by atoms with E-state index in [0.29, 0.717) is 32.7 Å². The first-order valence-corrected chi connectivity index (χ1v) is 9.94. The number of carbonyl (C=O) groups excluding carboxylic acids is 2. The van der Waals surface area contributed by atoms with Crippen LogP contribution in [0.3, 0.4) is 0 Å². The molecule has 0 saturated carbocycles. The maximum Gasteiger partial charge on any atom is 0.269 e. The fourth-order valence-electron chi connectivity index (χ4n) is 3.97. The van der Waals surface area contributed by atoms with Gasteiger partial charge in [0.25, 0.3) is 5.69 Å². The molecule has 8 nitrogen and oxygen atoms in total. The molecule has 28 heavy (non-hydrogen) atoms. The summed E-state index contributed by atoms with van der Waals surface area (Å²) in [6, 6.07) is 6.53. The average molecular weight is 388 g/mol. The van der Waals surface area contributed by atoms with Crippen LogP contribution in [0.2, 0.25) is 0 Å². The molecule has 1 aromatic carbocycles. The Bertz CT molecular complexity index is 726. The second-order valence-electron chi connectivity index (χ2n) is 7.86. The molecular formula is C20H28N4O4. The first-order valence-electron chi connectivity index (χ1n) is 9.94. The van der Waals surface area contributed by atoms with Gasteiger partial charge in [-0.15, -0.1) is 0 Å². The van der Waals surface area contributed by atoms with Crippen LogP contribution in [0.5, 0.6) is 0 Å². The number of non-ortho nitro benzene ring substituents is 1. The van der Waals surface area contributed by atoms with Crippen molar-refractivity contribution in [3.05, 3.63) is 34.4 Å². The van der Waals surface area contributed by atoms with E-state index < -0.39 is 4.92 Å². The molecule has 2 saturated heterocycles. The van der Waals surface area contributed by atoms with E-state index in [1.807, 2.05) is 23.6 Å². The number of nitro benzene ring substituents is 1. The first kappa shape index (κ1) is 20.1. The molecule has 0 aliphatic carbocycles. The van der Waals surface area contributed by atoms with Crippen LogP contribution in [-0.2, 0) is 9.59 Å². The second-order valence-corrected chi connectivity index (χ2v) is 7.86. The number of rotatable bonds is 4. The van der Waals surface area contributed by atoms with Crippen LogP contribution in [0.4, 0.5) is 11.4 Å². The number of anilines is 1. The molecule has 2 heterocycles. The van der Waals surface area contributed by atoms with Crippen molar-refractivity contribution < 1.29 is 14.5 Å². The third-order valence-electron chi connectivity index (χ3n) is 5.59. The van der Waals surface area contributed by atoms with Gasteiger partial charge in [0.2, 0.25) is 11.8 Å². The van der Waals surface area contributed by atoms with Crippen molar-refractivity contribution in [1.29, 1.82) is 0 Å². The third kappa shape index (κ3) is 4.43. The van der Waals surface area contributed by atoms with Crippen molar-refractivity contribution in [2.75, 3.05) is 44.2 Å². The van der Waals surface area contributed by atoms with Gasteiger partial charge in [-0.2, -0.15) is 0 Å². The molecule has 8 heteroatoms. The predicted molar refractivity (Wildman–Crippen MR) is 106 cm³/mol. The molecule has 3 rings (SSSR count). The minimum absolute atomic E-state index is 0.0425. The number of carbonyl (C=O) groups is 2. The maximum absolute atomic E-state index is 12.9. The predicted octanol–water partition coefficient (Wildman–Crippen LogP) is 2.14. The van der Waals surface area contributed by atoms with E-state index in [1.165, 1.54) is 12.1 Å². The fourth-order valence-corrected chi connectivity index (χ4v) is 3.97. The number of piperidine rings is 1. The Balaban J connectivity index is 1.54. The minimum Gasteiger partial charge on any atom is -0.368 e. The zero-order valence-corrected chi connectivity index (χ0v) is 16.5. The molecule has 2 fully saturated rings. The number of amides is 2. The van der Waals surface area contributed by atoms with E-state index in [0.717, 1.165) is 25.1 Å². The minimum atomic E-state index is -0.405. The topological polar surface area (TPSA) is 87.0 Å². The van der Waals surface area contributed by atoms with Crippen LogP contribution in [0.1, 0.15) is 26.7 Å². The van der Waals surface area contributed by atoms with Crippen molar-refractivity contribution in [3.8, 4) is 0 Å². The van der Waals surface area contributed by atoms with Crippen LogP contribution in [0, 0.1) is 22.0 Å². The molecule has 152 valence electrons. The Morgan fingerprint density at radius 3 is 2.25 bits per heavy atom. The van der Waals surface area contributed by atoms with Gasteiger partial charge in [-0.25, -0.2) is 0 Å². The summed E-state index contributed by atoms with van der Waals surface area (Å²) in [5.41, 5.74) is 1.01. The largest absolute Gasteiger partial charge is 0.368 e. The standard InChI is InChI=1S/C20H28N4O4/c1-15(2)19(25)23-9-3-4-16(14-23)20(26)22-12-10-21(11-13-22)17-5-7-18(8-6-17)24(27)28/h5-8,15-16H,3-4,9-14H2,1-2H3. The van der Waals surface area contributed by atoms with Gasteiger partial charge >= 0.3 is 0 Å². The van der Waals surface area contributed by atoms with Crippen molar-refractivity contribution in [2.45, 2.75) is 26.7 Å². The van der Waals surface area contributed by atoms with E-state index >= 15 is 0 Å². The highest BCUT2D eigenvalue weighted by Gasteiger charge is 2.33. The second kappa shape index (κ2) is 8.58. The molecule has 0 radical (unpaired) electrons. The van der Waals surface area contributed by atoms with Gasteiger partial charge < -0.3 is 14.7 Å². The smallest absolute Gasteiger partial charge is 0.269 e. The maximum atomic E-state index is 12.9. The number of hydrogen-bond acceptors (Lipinski definition) is 5. The molecule has 1 aromatic rings. The Morgan fingerprint density at radius 1 is 1.04 bits per heavy atom. The molecule has 2 aliphatic rings. The zero-order valence-electron chi connectivity index (χ0n) is 16.5. The summed E-state index contributed by atoms with van der Waals surface area (Å²) in [7, 11) is 0. The average Bonchev–Trinajstić information content (AvgIpc) is 2.73. The molecule has 2 amide bonds. The highest BCUT2D eigenvalue weighted by Crippen LogP contribution is 2.24. The number of benzene rings is 1. The molecule has 0 aromatic heterocycles. The Morgan fingerprint density at radius 2 is 1.68 bits per heavy atom. The van der Waals surface area contributed by atoms with Crippen LogP contribution in [-0.4, -0.2) is 65.8 Å². The lowest BCUT2D eigenvalue weighted by molar-refractivity contribution is -0.384. The summed E-state index contributed by atoms with van der Waals surface area (Å²) < 4.78 is 0. The molecule has 2 aliphatic heterocycles. The summed E-state index contributed by atoms with van der Waals surface area (Å²) in [5.74, 6) is 0.117. The number of likely N-dealkylation sites (tertiary alicyclic amines) is 1. The van der Waals surface area contributed by atoms with Crippen molar-refractivity contribution in [2.24, 2.45) is 11.8 Å². The van der Waals surface area contributed by atoms with Crippen molar-refractivity contribution in [3.63, 3.8) is 0 Å². The van der Waals surface area contributed by atoms with Gasteiger partial charge in [-0.05, 0) is 25.0 Å². The Kier molecular flexibility index (Phi) is 6.16. The van der Waals surface area contributed by atoms with E-state index in [4.69, 9.17) is 0 Å². The molecule has 1 atom stereocenters. The van der Waals surface area contributed by atoms with Gasteiger partial charge in [0.05, 0.1) is 10.8 Å². The van der Waals surface area contributed by atoms with Crippen LogP contribution < -0.4 is 4.90 Å². The monoisotopic (exact) mass is 388 g/mol. The third-order valence-corrected chi connectivity index (χ3v) is 5.59. The Labute approximate surface area is 165 Å². The normalized spacial score (nSPS) is 20.4. The van der Waals surface area contributed by atoms with E-state index in [-0.39, 0.29) is 29.3 Å². The fraction of sp³-hybridized carbons (Fsp3) is 0.600. The van der Waals surface area contributed by atoms with Gasteiger partial charge in [0.1, 0.15) is 0 Å². The van der Waals surface area contributed by atoms with Gasteiger partial charge in [-0.3, -0.25) is 19.7 Å². The number of nitro groups is 1. The molecule has 0 N–H and O–H groups in total. The summed E-state index contributed by atoms with van der Waals surface area (Å²) in [5, 5.41) is 10.8. The SMILES string of the molecule is CC(C)C(=O)N1CCCC(C(=O)N2CCN(c3ccc([N+](=O)[O-])cc3)CC2)C1. The van der Waals surface area contributed by atoms with Gasteiger partial charge in [-0.1, -0.05) is 13.8 Å².